The monoisotopic (exact) mass is 240 g/mol. The van der Waals surface area contributed by atoms with Gasteiger partial charge in [-0.2, -0.15) is 0 Å². The number of aliphatic carboxylic acids is 1. The van der Waals surface area contributed by atoms with Crippen molar-refractivity contribution in [3.8, 4) is 0 Å². The number of carboxylic acids is 1. The fraction of sp³-hybridized carbons (Fsp3) is 0.417. The van der Waals surface area contributed by atoms with Crippen molar-refractivity contribution in [3.63, 3.8) is 0 Å². The average molecular weight is 240 g/mol. The van der Waals surface area contributed by atoms with Gasteiger partial charge in [0.2, 0.25) is 0 Å². The summed E-state index contributed by atoms with van der Waals surface area (Å²) in [7, 11) is 3.62. The minimum Gasteiger partial charge on any atom is -0.480 e. The summed E-state index contributed by atoms with van der Waals surface area (Å²) in [6, 6.07) is 4.96. The van der Waals surface area contributed by atoms with Crippen molar-refractivity contribution in [2.24, 2.45) is 5.73 Å². The lowest BCUT2D eigenvalue weighted by atomic mass is 9.98. The SMILES string of the molecule is CN(C)C(CC(N)C(=O)O)c1cccc(F)c1. The van der Waals surface area contributed by atoms with Gasteiger partial charge >= 0.3 is 5.97 Å². The maximum Gasteiger partial charge on any atom is 0.320 e. The third-order valence-electron chi connectivity index (χ3n) is 2.65. The third kappa shape index (κ3) is 3.80. The number of halogens is 1. The molecule has 3 N–H and O–H groups in total. The Morgan fingerprint density at radius 2 is 2.18 bits per heavy atom. The molecular weight excluding hydrogens is 223 g/mol. The zero-order valence-electron chi connectivity index (χ0n) is 9.93. The molecule has 17 heavy (non-hydrogen) atoms. The molecule has 1 rings (SSSR count). The van der Waals surface area contributed by atoms with Gasteiger partial charge in [0.25, 0.3) is 0 Å². The van der Waals surface area contributed by atoms with Crippen molar-refractivity contribution in [2.45, 2.75) is 18.5 Å². The molecular formula is C12H17FN2O2. The number of carbonyl (C=O) groups is 1. The van der Waals surface area contributed by atoms with Crippen LogP contribution in [0.25, 0.3) is 0 Å². The second-order valence-corrected chi connectivity index (χ2v) is 4.21. The Kier molecular flexibility index (Phi) is 4.60. The van der Waals surface area contributed by atoms with E-state index >= 15 is 0 Å². The molecule has 0 spiro atoms. The highest BCUT2D eigenvalue weighted by Gasteiger charge is 2.22. The second kappa shape index (κ2) is 5.75. The molecule has 0 saturated heterocycles. The number of nitrogens with two attached hydrogens (primary N) is 1. The van der Waals surface area contributed by atoms with Gasteiger partial charge in [0.15, 0.2) is 0 Å². The molecule has 94 valence electrons. The van der Waals surface area contributed by atoms with Gasteiger partial charge < -0.3 is 15.7 Å². The number of nitrogens with zero attached hydrogens (tertiary/aromatic N) is 1. The van der Waals surface area contributed by atoms with E-state index in [1.54, 1.807) is 12.1 Å². The molecule has 1 aromatic rings. The van der Waals surface area contributed by atoms with E-state index < -0.39 is 12.0 Å². The highest BCUT2D eigenvalue weighted by atomic mass is 19.1. The summed E-state index contributed by atoms with van der Waals surface area (Å²) < 4.78 is 13.1. The minimum absolute atomic E-state index is 0.211. The van der Waals surface area contributed by atoms with E-state index in [1.165, 1.54) is 12.1 Å². The van der Waals surface area contributed by atoms with Crippen LogP contribution in [0.2, 0.25) is 0 Å². The van der Waals surface area contributed by atoms with Crippen LogP contribution in [0, 0.1) is 5.82 Å². The van der Waals surface area contributed by atoms with E-state index in [2.05, 4.69) is 0 Å². The molecule has 0 aliphatic carbocycles. The van der Waals surface area contributed by atoms with Crippen molar-refractivity contribution in [2.75, 3.05) is 14.1 Å². The Hall–Kier alpha value is -1.46. The van der Waals surface area contributed by atoms with Crippen molar-refractivity contribution in [1.82, 2.24) is 4.90 Å². The number of benzene rings is 1. The zero-order valence-corrected chi connectivity index (χ0v) is 9.93. The van der Waals surface area contributed by atoms with Crippen LogP contribution in [0.3, 0.4) is 0 Å². The van der Waals surface area contributed by atoms with Gasteiger partial charge in [0, 0.05) is 6.04 Å². The highest BCUT2D eigenvalue weighted by molar-refractivity contribution is 5.73. The number of hydrogen-bond donors (Lipinski definition) is 2. The van der Waals surface area contributed by atoms with Crippen LogP contribution in [-0.4, -0.2) is 36.1 Å². The fourth-order valence-corrected chi connectivity index (χ4v) is 1.70. The van der Waals surface area contributed by atoms with Crippen molar-refractivity contribution in [3.05, 3.63) is 35.6 Å². The normalized spacial score (nSPS) is 14.6. The molecule has 2 atom stereocenters. The topological polar surface area (TPSA) is 66.6 Å². The first-order chi connectivity index (χ1) is 7.91. The van der Waals surface area contributed by atoms with Crippen LogP contribution >= 0.6 is 0 Å². The maximum absolute atomic E-state index is 13.1. The molecule has 2 unspecified atom stereocenters. The largest absolute Gasteiger partial charge is 0.480 e. The molecule has 0 saturated carbocycles. The lowest BCUT2D eigenvalue weighted by Crippen LogP contribution is -2.35. The lowest BCUT2D eigenvalue weighted by molar-refractivity contribution is -0.139. The summed E-state index contributed by atoms with van der Waals surface area (Å²) in [4.78, 5) is 12.6. The zero-order chi connectivity index (χ0) is 13.0. The number of hydrogen-bond acceptors (Lipinski definition) is 3. The van der Waals surface area contributed by atoms with E-state index in [0.717, 1.165) is 5.56 Å². The van der Waals surface area contributed by atoms with Gasteiger partial charge in [-0.1, -0.05) is 12.1 Å². The van der Waals surface area contributed by atoms with Crippen molar-refractivity contribution < 1.29 is 14.3 Å². The molecule has 0 radical (unpaired) electrons. The van der Waals surface area contributed by atoms with Crippen molar-refractivity contribution in [1.29, 1.82) is 0 Å². The molecule has 0 aliphatic heterocycles. The van der Waals surface area contributed by atoms with E-state index in [9.17, 15) is 9.18 Å². The van der Waals surface area contributed by atoms with E-state index in [0.29, 0.717) is 0 Å². The van der Waals surface area contributed by atoms with E-state index in [-0.39, 0.29) is 18.3 Å². The molecule has 0 aromatic heterocycles. The molecule has 0 bridgehead atoms. The Labute approximate surface area is 99.8 Å². The third-order valence-corrected chi connectivity index (χ3v) is 2.65. The molecule has 0 heterocycles. The van der Waals surface area contributed by atoms with Crippen LogP contribution in [0.4, 0.5) is 4.39 Å². The van der Waals surface area contributed by atoms with Gasteiger partial charge in [-0.25, -0.2) is 4.39 Å². The first kappa shape index (κ1) is 13.6. The summed E-state index contributed by atoms with van der Waals surface area (Å²) >= 11 is 0. The Bertz CT molecular complexity index is 396. The van der Waals surface area contributed by atoms with Gasteiger partial charge in [-0.05, 0) is 38.2 Å². The number of carboxylic acid groups (broad SMARTS) is 1. The van der Waals surface area contributed by atoms with Crippen molar-refractivity contribution >= 4 is 5.97 Å². The van der Waals surface area contributed by atoms with Crippen LogP contribution in [0.1, 0.15) is 18.0 Å². The first-order valence-corrected chi connectivity index (χ1v) is 5.32. The van der Waals surface area contributed by atoms with Crippen LogP contribution in [0.15, 0.2) is 24.3 Å². The molecule has 1 aromatic carbocycles. The second-order valence-electron chi connectivity index (χ2n) is 4.21. The summed E-state index contributed by atoms with van der Waals surface area (Å²) in [6.07, 6.45) is 0.242. The predicted molar refractivity (Wildman–Crippen MR) is 63.1 cm³/mol. The highest BCUT2D eigenvalue weighted by Crippen LogP contribution is 2.23. The number of rotatable bonds is 5. The Morgan fingerprint density at radius 3 is 2.65 bits per heavy atom. The van der Waals surface area contributed by atoms with Crippen LogP contribution < -0.4 is 5.73 Å². The summed E-state index contributed by atoms with van der Waals surface area (Å²) in [5, 5.41) is 8.80. The van der Waals surface area contributed by atoms with Gasteiger partial charge in [0.05, 0.1) is 0 Å². The molecule has 0 aliphatic rings. The Morgan fingerprint density at radius 1 is 1.53 bits per heavy atom. The van der Waals surface area contributed by atoms with E-state index in [1.807, 2.05) is 19.0 Å². The van der Waals surface area contributed by atoms with Gasteiger partial charge in [0.1, 0.15) is 11.9 Å². The summed E-state index contributed by atoms with van der Waals surface area (Å²) in [5.74, 6) is -1.38. The minimum atomic E-state index is -1.05. The lowest BCUT2D eigenvalue weighted by Gasteiger charge is -2.26. The predicted octanol–water partition coefficient (Wildman–Crippen LogP) is 1.23. The molecule has 4 nitrogen and oxygen atoms in total. The smallest absolute Gasteiger partial charge is 0.320 e. The first-order valence-electron chi connectivity index (χ1n) is 5.32. The van der Waals surface area contributed by atoms with Crippen LogP contribution in [0.5, 0.6) is 0 Å². The molecule has 0 fully saturated rings. The quantitative estimate of drug-likeness (QED) is 0.812. The molecule has 5 heteroatoms. The molecule has 0 amide bonds. The van der Waals surface area contributed by atoms with Crippen LogP contribution in [-0.2, 0) is 4.79 Å². The van der Waals surface area contributed by atoms with Gasteiger partial charge in [-0.15, -0.1) is 0 Å². The fourth-order valence-electron chi connectivity index (χ4n) is 1.70. The average Bonchev–Trinajstić information content (AvgIpc) is 2.24. The summed E-state index contributed by atoms with van der Waals surface area (Å²) in [5.41, 5.74) is 6.24. The van der Waals surface area contributed by atoms with E-state index in [4.69, 9.17) is 10.8 Å². The maximum atomic E-state index is 13.1. The Balaban J connectivity index is 2.90. The standard InChI is InChI=1S/C12H17FN2O2/c1-15(2)11(7-10(14)12(16)17)8-4-3-5-9(13)6-8/h3-6,10-11H,7,14H2,1-2H3,(H,16,17). The van der Waals surface area contributed by atoms with Gasteiger partial charge in [-0.3, -0.25) is 4.79 Å². The summed E-state index contributed by atoms with van der Waals surface area (Å²) in [6.45, 7) is 0.